The summed E-state index contributed by atoms with van der Waals surface area (Å²) in [6.07, 6.45) is 6.69. The largest absolute Gasteiger partial charge is 0.311 e. The van der Waals surface area contributed by atoms with Gasteiger partial charge in [0.1, 0.15) is 0 Å². The van der Waals surface area contributed by atoms with Crippen molar-refractivity contribution in [1.29, 1.82) is 0 Å². The summed E-state index contributed by atoms with van der Waals surface area (Å²) in [5, 5.41) is 7.91. The van der Waals surface area contributed by atoms with E-state index in [4.69, 9.17) is 0 Å². The molecule has 0 aliphatic rings. The summed E-state index contributed by atoms with van der Waals surface area (Å²) < 4.78 is 0. The molecule has 0 unspecified atom stereocenters. The first kappa shape index (κ1) is 9.51. The minimum atomic E-state index is 0.748. The highest BCUT2D eigenvalue weighted by Crippen LogP contribution is 2.17. The fraction of sp³-hybridized carbons (Fsp3) is 0.200. The van der Waals surface area contributed by atoms with Crippen molar-refractivity contribution >= 4 is 11.6 Å². The van der Waals surface area contributed by atoms with Crippen molar-refractivity contribution in [3.8, 4) is 0 Å². The second kappa shape index (κ2) is 4.00. The van der Waals surface area contributed by atoms with E-state index in [1.165, 1.54) is 0 Å². The van der Waals surface area contributed by atoms with Gasteiger partial charge in [0.05, 0.1) is 12.4 Å². The Morgan fingerprint density at radius 2 is 2.00 bits per heavy atom. The SMILES string of the molecule is Cc1cnnc(N(C)c2cnccn2)c1. The van der Waals surface area contributed by atoms with Gasteiger partial charge in [-0.1, -0.05) is 0 Å². The van der Waals surface area contributed by atoms with E-state index in [2.05, 4.69) is 20.2 Å². The zero-order valence-corrected chi connectivity index (χ0v) is 8.62. The molecule has 0 bridgehead atoms. The van der Waals surface area contributed by atoms with Crippen LogP contribution in [0.4, 0.5) is 11.6 Å². The van der Waals surface area contributed by atoms with Gasteiger partial charge in [0.25, 0.3) is 0 Å². The quantitative estimate of drug-likeness (QED) is 0.734. The lowest BCUT2D eigenvalue weighted by atomic mass is 10.3. The molecule has 0 amide bonds. The Kier molecular flexibility index (Phi) is 2.53. The molecule has 0 saturated heterocycles. The van der Waals surface area contributed by atoms with E-state index in [1.54, 1.807) is 24.8 Å². The molecule has 0 fully saturated rings. The van der Waals surface area contributed by atoms with E-state index in [-0.39, 0.29) is 0 Å². The molecule has 0 radical (unpaired) electrons. The van der Waals surface area contributed by atoms with Crippen LogP contribution in [0.5, 0.6) is 0 Å². The highest BCUT2D eigenvalue weighted by molar-refractivity contribution is 5.53. The average Bonchev–Trinajstić information content (AvgIpc) is 2.29. The standard InChI is InChI=1S/C10H11N5/c1-8-5-9(14-13-6-8)15(2)10-7-11-3-4-12-10/h3-7H,1-2H3. The molecule has 0 spiro atoms. The predicted octanol–water partition coefficient (Wildman–Crippen LogP) is 1.34. The van der Waals surface area contributed by atoms with Crippen molar-refractivity contribution in [1.82, 2.24) is 20.2 Å². The Bertz CT molecular complexity index is 443. The molecule has 5 heteroatoms. The van der Waals surface area contributed by atoms with Gasteiger partial charge in [-0.15, -0.1) is 5.10 Å². The first-order valence-electron chi connectivity index (χ1n) is 4.56. The molecule has 2 rings (SSSR count). The molecule has 0 atom stereocenters. The lowest BCUT2D eigenvalue weighted by Crippen LogP contribution is -2.13. The van der Waals surface area contributed by atoms with E-state index < -0.39 is 0 Å². The Balaban J connectivity index is 2.32. The number of rotatable bonds is 2. The summed E-state index contributed by atoms with van der Waals surface area (Å²) in [4.78, 5) is 10.0. The third kappa shape index (κ3) is 2.07. The van der Waals surface area contributed by atoms with Gasteiger partial charge in [-0.05, 0) is 18.6 Å². The topological polar surface area (TPSA) is 54.8 Å². The van der Waals surface area contributed by atoms with Crippen LogP contribution in [0, 0.1) is 6.92 Å². The number of nitrogens with zero attached hydrogens (tertiary/aromatic N) is 5. The summed E-state index contributed by atoms with van der Waals surface area (Å²) in [7, 11) is 1.88. The molecule has 2 aromatic rings. The first-order valence-corrected chi connectivity index (χ1v) is 4.56. The van der Waals surface area contributed by atoms with Crippen molar-refractivity contribution in [2.75, 3.05) is 11.9 Å². The van der Waals surface area contributed by atoms with Crippen molar-refractivity contribution in [3.63, 3.8) is 0 Å². The highest BCUT2D eigenvalue weighted by Gasteiger charge is 2.06. The second-order valence-electron chi connectivity index (χ2n) is 3.21. The zero-order valence-electron chi connectivity index (χ0n) is 8.62. The van der Waals surface area contributed by atoms with Crippen LogP contribution in [0.3, 0.4) is 0 Å². The summed E-state index contributed by atoms with van der Waals surface area (Å²) in [6.45, 7) is 1.97. The minimum Gasteiger partial charge on any atom is -0.311 e. The molecule has 76 valence electrons. The summed E-state index contributed by atoms with van der Waals surface area (Å²) in [5.41, 5.74) is 1.07. The number of hydrogen-bond acceptors (Lipinski definition) is 5. The van der Waals surface area contributed by atoms with Gasteiger partial charge in [-0.2, -0.15) is 5.10 Å². The Hall–Kier alpha value is -2.04. The number of aromatic nitrogens is 4. The highest BCUT2D eigenvalue weighted by atomic mass is 15.3. The Labute approximate surface area is 87.8 Å². The number of aryl methyl sites for hydroxylation is 1. The molecule has 0 aromatic carbocycles. The lowest BCUT2D eigenvalue weighted by Gasteiger charge is -2.15. The van der Waals surface area contributed by atoms with Gasteiger partial charge in [0, 0.05) is 19.4 Å². The molecule has 0 N–H and O–H groups in total. The van der Waals surface area contributed by atoms with Gasteiger partial charge < -0.3 is 4.90 Å². The van der Waals surface area contributed by atoms with Crippen LogP contribution in [0.15, 0.2) is 30.9 Å². The summed E-state index contributed by atoms with van der Waals surface area (Å²) >= 11 is 0. The third-order valence-corrected chi connectivity index (χ3v) is 2.02. The van der Waals surface area contributed by atoms with E-state index in [0.717, 1.165) is 17.2 Å². The van der Waals surface area contributed by atoms with Crippen LogP contribution in [0.25, 0.3) is 0 Å². The van der Waals surface area contributed by atoms with Crippen LogP contribution < -0.4 is 4.90 Å². The zero-order chi connectivity index (χ0) is 10.7. The van der Waals surface area contributed by atoms with Crippen LogP contribution in [-0.2, 0) is 0 Å². The maximum atomic E-state index is 4.18. The van der Waals surface area contributed by atoms with Crippen LogP contribution >= 0.6 is 0 Å². The molecule has 5 nitrogen and oxygen atoms in total. The van der Waals surface area contributed by atoms with Gasteiger partial charge in [-0.25, -0.2) is 4.98 Å². The molecule has 2 aromatic heterocycles. The predicted molar refractivity (Wildman–Crippen MR) is 56.9 cm³/mol. The number of hydrogen-bond donors (Lipinski definition) is 0. The summed E-state index contributed by atoms with van der Waals surface area (Å²) in [5.74, 6) is 1.51. The maximum Gasteiger partial charge on any atom is 0.156 e. The van der Waals surface area contributed by atoms with Crippen LogP contribution in [0.1, 0.15) is 5.56 Å². The Morgan fingerprint density at radius 3 is 2.67 bits per heavy atom. The minimum absolute atomic E-state index is 0.748. The second-order valence-corrected chi connectivity index (χ2v) is 3.21. The van der Waals surface area contributed by atoms with E-state index in [0.29, 0.717) is 0 Å². The van der Waals surface area contributed by atoms with Crippen LogP contribution in [-0.4, -0.2) is 27.2 Å². The number of anilines is 2. The van der Waals surface area contributed by atoms with E-state index >= 15 is 0 Å². The lowest BCUT2D eigenvalue weighted by molar-refractivity contribution is 0.959. The van der Waals surface area contributed by atoms with Crippen molar-refractivity contribution in [3.05, 3.63) is 36.4 Å². The van der Waals surface area contributed by atoms with E-state index in [1.807, 2.05) is 24.9 Å². The Morgan fingerprint density at radius 1 is 1.13 bits per heavy atom. The molecule has 15 heavy (non-hydrogen) atoms. The molecular weight excluding hydrogens is 190 g/mol. The fourth-order valence-corrected chi connectivity index (χ4v) is 1.19. The van der Waals surface area contributed by atoms with Gasteiger partial charge in [0.2, 0.25) is 0 Å². The molecule has 0 aliphatic carbocycles. The monoisotopic (exact) mass is 201 g/mol. The van der Waals surface area contributed by atoms with Crippen molar-refractivity contribution in [2.45, 2.75) is 6.92 Å². The smallest absolute Gasteiger partial charge is 0.156 e. The van der Waals surface area contributed by atoms with Crippen molar-refractivity contribution < 1.29 is 0 Å². The van der Waals surface area contributed by atoms with Gasteiger partial charge >= 0.3 is 0 Å². The molecule has 0 saturated carbocycles. The first-order chi connectivity index (χ1) is 7.27. The summed E-state index contributed by atoms with van der Waals surface area (Å²) in [6, 6.07) is 1.95. The molecule has 0 aliphatic heterocycles. The fourth-order valence-electron chi connectivity index (χ4n) is 1.19. The van der Waals surface area contributed by atoms with Gasteiger partial charge in [0.15, 0.2) is 11.6 Å². The van der Waals surface area contributed by atoms with Gasteiger partial charge in [-0.3, -0.25) is 4.98 Å². The van der Waals surface area contributed by atoms with E-state index in [9.17, 15) is 0 Å². The molecule has 2 heterocycles. The average molecular weight is 201 g/mol. The maximum absolute atomic E-state index is 4.18. The molecular formula is C10H11N5. The van der Waals surface area contributed by atoms with Crippen molar-refractivity contribution in [2.24, 2.45) is 0 Å². The third-order valence-electron chi connectivity index (χ3n) is 2.02. The normalized spacial score (nSPS) is 10.0. The van der Waals surface area contributed by atoms with Crippen LogP contribution in [0.2, 0.25) is 0 Å².